The molecule has 18 heavy (non-hydrogen) atoms. The van der Waals surface area contributed by atoms with Crippen LogP contribution in [0.2, 0.25) is 5.02 Å². The zero-order valence-corrected chi connectivity index (χ0v) is 12.0. The lowest BCUT2D eigenvalue weighted by molar-refractivity contribution is 0.586. The maximum atomic E-state index is 13.2. The number of benzene rings is 1. The molecule has 2 rings (SSSR count). The first-order valence-electron chi connectivity index (χ1n) is 5.15. The standard InChI is InChI=1S/C10H10BrClFN5/c1-5(14-2)10-15-16-17-18(10)9-7(11)3-6(13)4-8(9)12/h3-5,14H,1-2H3. The van der Waals surface area contributed by atoms with Crippen LogP contribution < -0.4 is 5.32 Å². The van der Waals surface area contributed by atoms with Gasteiger partial charge in [0.2, 0.25) is 0 Å². The van der Waals surface area contributed by atoms with Crippen LogP contribution in [0, 0.1) is 5.82 Å². The monoisotopic (exact) mass is 333 g/mol. The number of nitrogens with zero attached hydrogens (tertiary/aromatic N) is 4. The van der Waals surface area contributed by atoms with Crippen molar-refractivity contribution in [2.45, 2.75) is 13.0 Å². The van der Waals surface area contributed by atoms with Crippen molar-refractivity contribution in [3.8, 4) is 5.69 Å². The Morgan fingerprint density at radius 2 is 2.22 bits per heavy atom. The van der Waals surface area contributed by atoms with Gasteiger partial charge in [0.15, 0.2) is 5.82 Å². The summed E-state index contributed by atoms with van der Waals surface area (Å²) in [6.45, 7) is 1.91. The molecule has 8 heteroatoms. The predicted molar refractivity (Wildman–Crippen MR) is 69.3 cm³/mol. The zero-order chi connectivity index (χ0) is 13.3. The average molecular weight is 335 g/mol. The highest BCUT2D eigenvalue weighted by Crippen LogP contribution is 2.30. The van der Waals surface area contributed by atoms with Crippen molar-refractivity contribution in [1.29, 1.82) is 0 Å². The lowest BCUT2D eigenvalue weighted by atomic mass is 10.2. The van der Waals surface area contributed by atoms with Crippen LogP contribution in [0.4, 0.5) is 4.39 Å². The van der Waals surface area contributed by atoms with Crippen molar-refractivity contribution in [1.82, 2.24) is 25.5 Å². The maximum Gasteiger partial charge on any atom is 0.173 e. The minimum absolute atomic E-state index is 0.0620. The van der Waals surface area contributed by atoms with E-state index in [9.17, 15) is 4.39 Å². The zero-order valence-electron chi connectivity index (χ0n) is 9.65. The third-order valence-electron chi connectivity index (χ3n) is 2.51. The first-order valence-corrected chi connectivity index (χ1v) is 6.32. The molecule has 0 aliphatic heterocycles. The minimum atomic E-state index is -0.424. The maximum absolute atomic E-state index is 13.2. The van der Waals surface area contributed by atoms with Gasteiger partial charge in [-0.1, -0.05) is 11.6 Å². The fraction of sp³-hybridized carbons (Fsp3) is 0.300. The molecule has 0 amide bonds. The molecule has 5 nitrogen and oxygen atoms in total. The summed E-state index contributed by atoms with van der Waals surface area (Å²) in [5.41, 5.74) is 0.514. The van der Waals surface area contributed by atoms with Crippen LogP contribution in [-0.4, -0.2) is 27.3 Å². The first-order chi connectivity index (χ1) is 8.54. The minimum Gasteiger partial charge on any atom is -0.311 e. The van der Waals surface area contributed by atoms with Crippen molar-refractivity contribution in [2.75, 3.05) is 7.05 Å². The summed E-state index contributed by atoms with van der Waals surface area (Å²) in [5, 5.41) is 14.7. The third kappa shape index (κ3) is 2.38. The normalized spacial score (nSPS) is 12.7. The molecule has 2 aromatic rings. The van der Waals surface area contributed by atoms with Crippen LogP contribution in [0.15, 0.2) is 16.6 Å². The van der Waals surface area contributed by atoms with Gasteiger partial charge in [-0.25, -0.2) is 4.39 Å². The Balaban J connectivity index is 2.59. The molecule has 0 saturated heterocycles. The number of aromatic nitrogens is 4. The number of nitrogens with one attached hydrogen (secondary N) is 1. The lowest BCUT2D eigenvalue weighted by Crippen LogP contribution is -2.18. The Morgan fingerprint density at radius 3 is 2.83 bits per heavy atom. The third-order valence-corrected chi connectivity index (χ3v) is 3.40. The molecule has 1 unspecified atom stereocenters. The van der Waals surface area contributed by atoms with Gasteiger partial charge in [0.1, 0.15) is 11.5 Å². The molecule has 0 saturated carbocycles. The van der Waals surface area contributed by atoms with E-state index in [1.54, 1.807) is 7.05 Å². The van der Waals surface area contributed by atoms with Gasteiger partial charge in [-0.3, -0.25) is 0 Å². The van der Waals surface area contributed by atoms with Crippen LogP contribution in [0.25, 0.3) is 5.69 Å². The molecule has 1 N–H and O–H groups in total. The molecular formula is C10H10BrClFN5. The van der Waals surface area contributed by atoms with Crippen LogP contribution in [-0.2, 0) is 0 Å². The van der Waals surface area contributed by atoms with Gasteiger partial charge < -0.3 is 5.32 Å². The Morgan fingerprint density at radius 1 is 1.50 bits per heavy atom. The molecule has 96 valence electrons. The molecule has 1 aromatic carbocycles. The number of hydrogen-bond donors (Lipinski definition) is 1. The number of halogens is 3. The van der Waals surface area contributed by atoms with E-state index in [-0.39, 0.29) is 11.1 Å². The van der Waals surface area contributed by atoms with Gasteiger partial charge >= 0.3 is 0 Å². The smallest absolute Gasteiger partial charge is 0.173 e. The molecule has 1 atom stereocenters. The van der Waals surface area contributed by atoms with Crippen LogP contribution in [0.5, 0.6) is 0 Å². The topological polar surface area (TPSA) is 55.6 Å². The predicted octanol–water partition coefficient (Wildman–Crippen LogP) is 2.50. The van der Waals surface area contributed by atoms with Crippen molar-refractivity contribution in [2.24, 2.45) is 0 Å². The molecule has 0 fully saturated rings. The Kier molecular flexibility index (Phi) is 3.94. The van der Waals surface area contributed by atoms with Crippen LogP contribution in [0.1, 0.15) is 18.8 Å². The van der Waals surface area contributed by atoms with Gasteiger partial charge in [0.05, 0.1) is 11.1 Å². The molecule has 0 spiro atoms. The molecular weight excluding hydrogens is 324 g/mol. The summed E-state index contributed by atoms with van der Waals surface area (Å²) in [4.78, 5) is 0. The van der Waals surface area contributed by atoms with E-state index in [0.29, 0.717) is 16.0 Å². The molecule has 0 aliphatic rings. The van der Waals surface area contributed by atoms with Crippen LogP contribution >= 0.6 is 27.5 Å². The summed E-state index contributed by atoms with van der Waals surface area (Å²) in [5.74, 6) is 0.165. The summed E-state index contributed by atoms with van der Waals surface area (Å²) in [7, 11) is 1.80. The van der Waals surface area contributed by atoms with Gasteiger partial charge in [-0.05, 0) is 52.5 Å². The van der Waals surface area contributed by atoms with Crippen molar-refractivity contribution in [3.63, 3.8) is 0 Å². The van der Waals surface area contributed by atoms with Gasteiger partial charge in [-0.15, -0.1) is 5.10 Å². The molecule has 1 aromatic heterocycles. The summed E-state index contributed by atoms with van der Waals surface area (Å²) in [6, 6.07) is 2.47. The van der Waals surface area contributed by atoms with E-state index in [0.717, 1.165) is 0 Å². The second-order valence-corrected chi connectivity index (χ2v) is 4.94. The van der Waals surface area contributed by atoms with Crippen LogP contribution in [0.3, 0.4) is 0 Å². The van der Waals surface area contributed by atoms with Crippen molar-refractivity contribution in [3.05, 3.63) is 33.3 Å². The highest BCUT2D eigenvalue weighted by molar-refractivity contribution is 9.10. The Hall–Kier alpha value is -1.05. The van der Waals surface area contributed by atoms with Gasteiger partial charge in [0, 0.05) is 4.47 Å². The summed E-state index contributed by atoms with van der Waals surface area (Å²) >= 11 is 9.30. The number of rotatable bonds is 3. The SMILES string of the molecule is CNC(C)c1nnnn1-c1c(Cl)cc(F)cc1Br. The highest BCUT2D eigenvalue weighted by Gasteiger charge is 2.19. The molecule has 1 heterocycles. The van der Waals surface area contributed by atoms with E-state index in [1.807, 2.05) is 6.92 Å². The lowest BCUT2D eigenvalue weighted by Gasteiger charge is -2.12. The first kappa shape index (κ1) is 13.4. The molecule has 0 radical (unpaired) electrons. The van der Waals surface area contributed by atoms with E-state index in [2.05, 4.69) is 36.8 Å². The fourth-order valence-corrected chi connectivity index (χ4v) is 2.49. The van der Waals surface area contributed by atoms with Gasteiger partial charge in [-0.2, -0.15) is 4.68 Å². The summed E-state index contributed by atoms with van der Waals surface area (Å²) < 4.78 is 15.2. The molecule has 0 aliphatic carbocycles. The quantitative estimate of drug-likeness (QED) is 0.937. The summed E-state index contributed by atoms with van der Waals surface area (Å²) in [6.07, 6.45) is 0. The number of hydrogen-bond acceptors (Lipinski definition) is 4. The Bertz CT molecular complexity index is 550. The van der Waals surface area contributed by atoms with E-state index >= 15 is 0 Å². The van der Waals surface area contributed by atoms with E-state index in [1.165, 1.54) is 16.8 Å². The second kappa shape index (κ2) is 5.29. The fourth-order valence-electron chi connectivity index (χ4n) is 1.49. The molecule has 0 bridgehead atoms. The largest absolute Gasteiger partial charge is 0.311 e. The van der Waals surface area contributed by atoms with Crippen molar-refractivity contribution < 1.29 is 4.39 Å². The Labute approximate surface area is 116 Å². The average Bonchev–Trinajstić information content (AvgIpc) is 2.75. The number of tetrazole rings is 1. The van der Waals surface area contributed by atoms with Gasteiger partial charge in [0.25, 0.3) is 0 Å². The highest BCUT2D eigenvalue weighted by atomic mass is 79.9. The second-order valence-electron chi connectivity index (χ2n) is 3.68. The van der Waals surface area contributed by atoms with E-state index in [4.69, 9.17) is 11.6 Å². The van der Waals surface area contributed by atoms with Crippen molar-refractivity contribution >= 4 is 27.5 Å². The van der Waals surface area contributed by atoms with E-state index < -0.39 is 5.82 Å².